The van der Waals surface area contributed by atoms with Gasteiger partial charge in [0.25, 0.3) is 6.43 Å². The molecule has 0 fully saturated rings. The molecule has 10 heavy (non-hydrogen) atoms. The molecule has 0 N–H and O–H groups in total. The highest BCUT2D eigenvalue weighted by atomic mass is 79.9. The highest BCUT2D eigenvalue weighted by Crippen LogP contribution is 2.09. The molecule has 0 saturated heterocycles. The third-order valence-electron chi connectivity index (χ3n) is 0.833. The molecular formula is C6H8BrF3. The highest BCUT2D eigenvalue weighted by molar-refractivity contribution is 9.09. The zero-order chi connectivity index (χ0) is 7.98. The molecule has 1 atom stereocenters. The van der Waals surface area contributed by atoms with Crippen LogP contribution in [0.3, 0.4) is 0 Å². The van der Waals surface area contributed by atoms with Gasteiger partial charge in [-0.25, -0.2) is 13.2 Å². The Hall–Kier alpha value is 0.01000. The van der Waals surface area contributed by atoms with Crippen LogP contribution in [0.5, 0.6) is 0 Å². The van der Waals surface area contributed by atoms with Gasteiger partial charge in [0, 0.05) is 0 Å². The molecule has 60 valence electrons. The first-order chi connectivity index (χ1) is 4.63. The minimum Gasteiger partial charge on any atom is -0.235 e. The van der Waals surface area contributed by atoms with Crippen LogP contribution in [0, 0.1) is 0 Å². The van der Waals surface area contributed by atoms with Crippen molar-refractivity contribution in [1.82, 2.24) is 0 Å². The van der Waals surface area contributed by atoms with Crippen LogP contribution in [0.25, 0.3) is 0 Å². The Morgan fingerprint density at radius 2 is 1.90 bits per heavy atom. The van der Waals surface area contributed by atoms with E-state index in [0.29, 0.717) is 6.42 Å². The molecule has 0 aromatic carbocycles. The normalized spacial score (nSPS) is 14.9. The zero-order valence-corrected chi connectivity index (χ0v) is 6.82. The maximum absolute atomic E-state index is 11.9. The number of rotatable bonds is 4. The van der Waals surface area contributed by atoms with E-state index in [9.17, 15) is 13.2 Å². The van der Waals surface area contributed by atoms with Crippen molar-refractivity contribution >= 4 is 15.9 Å². The van der Waals surface area contributed by atoms with E-state index in [1.807, 2.05) is 0 Å². The maximum Gasteiger partial charge on any atom is 0.257 e. The molecular weight excluding hydrogens is 209 g/mol. The fourth-order valence-electron chi connectivity index (χ4n) is 0.421. The molecule has 0 amide bonds. The molecule has 0 radical (unpaired) electrons. The molecule has 0 saturated carbocycles. The number of hydrogen-bond acceptors (Lipinski definition) is 0. The predicted octanol–water partition coefficient (Wildman–Crippen LogP) is 3.28. The number of alkyl halides is 4. The summed E-state index contributed by atoms with van der Waals surface area (Å²) in [6.07, 6.45) is 0.196. The third kappa shape index (κ3) is 8.01. The van der Waals surface area contributed by atoms with E-state index in [1.165, 1.54) is 6.08 Å². The minimum atomic E-state index is -2.42. The molecule has 0 aromatic rings. The number of allylic oxidation sites excluding steroid dienone is 2. The summed E-state index contributed by atoms with van der Waals surface area (Å²) < 4.78 is 34.7. The van der Waals surface area contributed by atoms with Gasteiger partial charge in [-0.2, -0.15) is 0 Å². The first-order valence-corrected chi connectivity index (χ1v) is 3.77. The van der Waals surface area contributed by atoms with Crippen molar-refractivity contribution in [3.63, 3.8) is 0 Å². The third-order valence-corrected chi connectivity index (χ3v) is 1.29. The summed E-state index contributed by atoms with van der Waals surface area (Å²) in [5.41, 5.74) is 0. The monoisotopic (exact) mass is 216 g/mol. The molecule has 0 rings (SSSR count). The molecule has 0 aliphatic heterocycles. The average molecular weight is 217 g/mol. The Bertz CT molecular complexity index is 101. The molecule has 4 heteroatoms. The van der Waals surface area contributed by atoms with Gasteiger partial charge in [-0.3, -0.25) is 0 Å². The van der Waals surface area contributed by atoms with Crippen LogP contribution in [0.1, 0.15) is 12.8 Å². The second-order valence-electron chi connectivity index (χ2n) is 1.73. The van der Waals surface area contributed by atoms with Crippen LogP contribution >= 0.6 is 15.9 Å². The largest absolute Gasteiger partial charge is 0.257 e. The summed E-state index contributed by atoms with van der Waals surface area (Å²) in [5.74, 6) is 0. The highest BCUT2D eigenvalue weighted by Gasteiger charge is 1.97. The Kier molecular flexibility index (Phi) is 5.78. The first-order valence-electron chi connectivity index (χ1n) is 2.86. The Labute approximate surface area is 66.2 Å². The fraction of sp³-hybridized carbons (Fsp3) is 0.667. The molecule has 0 aliphatic rings. The van der Waals surface area contributed by atoms with Crippen LogP contribution < -0.4 is 0 Å². The van der Waals surface area contributed by atoms with Gasteiger partial charge in [0.2, 0.25) is 0 Å². The van der Waals surface area contributed by atoms with Crippen molar-refractivity contribution in [1.29, 1.82) is 0 Å². The van der Waals surface area contributed by atoms with Crippen molar-refractivity contribution < 1.29 is 13.2 Å². The molecule has 0 heterocycles. The SMILES string of the molecule is FC(F)C=CCCC(F)Br. The quantitative estimate of drug-likeness (QED) is 0.500. The van der Waals surface area contributed by atoms with Crippen LogP contribution in [0.2, 0.25) is 0 Å². The standard InChI is InChI=1S/C6H8BrF3/c7-5(8)3-1-2-4-6(9)10/h2,4-6H,1,3H2. The lowest BCUT2D eigenvalue weighted by molar-refractivity contribution is 0.203. The lowest BCUT2D eigenvalue weighted by Crippen LogP contribution is -1.85. The zero-order valence-electron chi connectivity index (χ0n) is 5.24. The van der Waals surface area contributed by atoms with E-state index in [0.717, 1.165) is 6.08 Å². The van der Waals surface area contributed by atoms with E-state index in [4.69, 9.17) is 0 Å². The van der Waals surface area contributed by atoms with E-state index in [1.54, 1.807) is 0 Å². The van der Waals surface area contributed by atoms with E-state index in [-0.39, 0.29) is 6.42 Å². The lowest BCUT2D eigenvalue weighted by Gasteiger charge is -1.93. The summed E-state index contributed by atoms with van der Waals surface area (Å²) in [6, 6.07) is 0. The fourth-order valence-corrected chi connectivity index (χ4v) is 0.686. The van der Waals surface area contributed by atoms with Crippen molar-refractivity contribution in [2.24, 2.45) is 0 Å². The van der Waals surface area contributed by atoms with Crippen LogP contribution in [-0.2, 0) is 0 Å². The summed E-state index contributed by atoms with van der Waals surface area (Å²) in [7, 11) is 0. The summed E-state index contributed by atoms with van der Waals surface area (Å²) in [6.45, 7) is 0. The van der Waals surface area contributed by atoms with Gasteiger partial charge in [-0.1, -0.05) is 22.0 Å². The number of halogens is 4. The Balaban J connectivity index is 3.19. The van der Waals surface area contributed by atoms with Crippen LogP contribution in [-0.4, -0.2) is 11.5 Å². The maximum atomic E-state index is 11.9. The molecule has 0 bridgehead atoms. The minimum absolute atomic E-state index is 0.239. The van der Waals surface area contributed by atoms with Gasteiger partial charge in [0.05, 0.1) is 0 Å². The molecule has 0 aromatic heterocycles. The van der Waals surface area contributed by atoms with E-state index < -0.39 is 11.5 Å². The van der Waals surface area contributed by atoms with Gasteiger partial charge < -0.3 is 0 Å². The Morgan fingerprint density at radius 1 is 1.30 bits per heavy atom. The van der Waals surface area contributed by atoms with Gasteiger partial charge >= 0.3 is 0 Å². The van der Waals surface area contributed by atoms with Crippen molar-refractivity contribution in [3.05, 3.63) is 12.2 Å². The van der Waals surface area contributed by atoms with Gasteiger partial charge in [-0.15, -0.1) is 0 Å². The molecule has 0 spiro atoms. The molecule has 0 nitrogen and oxygen atoms in total. The van der Waals surface area contributed by atoms with Gasteiger partial charge in [0.1, 0.15) is 0 Å². The topological polar surface area (TPSA) is 0 Å². The first kappa shape index (κ1) is 10.0. The van der Waals surface area contributed by atoms with E-state index >= 15 is 0 Å². The summed E-state index contributed by atoms with van der Waals surface area (Å²) in [5, 5.41) is -1.09. The van der Waals surface area contributed by atoms with Crippen molar-refractivity contribution in [3.8, 4) is 0 Å². The average Bonchev–Trinajstić information content (AvgIpc) is 1.79. The van der Waals surface area contributed by atoms with Crippen molar-refractivity contribution in [2.45, 2.75) is 24.3 Å². The second kappa shape index (κ2) is 5.77. The van der Waals surface area contributed by atoms with Gasteiger partial charge in [-0.05, 0) is 18.9 Å². The van der Waals surface area contributed by atoms with E-state index in [2.05, 4.69) is 15.9 Å². The lowest BCUT2D eigenvalue weighted by atomic mass is 10.3. The summed E-state index contributed by atoms with van der Waals surface area (Å²) in [4.78, 5) is 0. The van der Waals surface area contributed by atoms with Crippen LogP contribution in [0.4, 0.5) is 13.2 Å². The van der Waals surface area contributed by atoms with Gasteiger partial charge in [0.15, 0.2) is 5.08 Å². The summed E-state index contributed by atoms with van der Waals surface area (Å²) >= 11 is 2.65. The molecule has 0 aliphatic carbocycles. The predicted molar refractivity (Wildman–Crippen MR) is 38.2 cm³/mol. The second-order valence-corrected chi connectivity index (χ2v) is 2.72. The number of hydrogen-bond donors (Lipinski definition) is 0. The smallest absolute Gasteiger partial charge is 0.235 e. The molecule has 1 unspecified atom stereocenters. The van der Waals surface area contributed by atoms with Crippen LogP contribution in [0.15, 0.2) is 12.2 Å². The Morgan fingerprint density at radius 3 is 2.30 bits per heavy atom. The van der Waals surface area contributed by atoms with Crippen molar-refractivity contribution in [2.75, 3.05) is 0 Å².